The molecule has 1 aromatic rings. The number of hydrogen-bond acceptors (Lipinski definition) is 5. The molecular formula is C12H15N5O. The molecule has 1 fully saturated rings. The standard InChI is InChI=1S/C12H15N5O/c1-12(11(18)14-2)3-4-17(8-12)10-7-15-9(5-13)6-16-10/h6-7H,3-4,8H2,1-2H3,(H,14,18). The summed E-state index contributed by atoms with van der Waals surface area (Å²) in [7, 11) is 1.65. The molecule has 2 rings (SSSR count). The number of nitriles is 1. The van der Waals surface area contributed by atoms with Gasteiger partial charge in [-0.25, -0.2) is 9.97 Å². The number of hydrogen-bond donors (Lipinski definition) is 1. The van der Waals surface area contributed by atoms with E-state index in [9.17, 15) is 4.79 Å². The molecule has 1 N–H and O–H groups in total. The molecule has 6 heteroatoms. The highest BCUT2D eigenvalue weighted by Crippen LogP contribution is 2.32. The highest BCUT2D eigenvalue weighted by Gasteiger charge is 2.40. The maximum atomic E-state index is 11.8. The minimum absolute atomic E-state index is 0.0478. The van der Waals surface area contributed by atoms with Gasteiger partial charge >= 0.3 is 0 Å². The van der Waals surface area contributed by atoms with Crippen LogP contribution in [-0.2, 0) is 4.79 Å². The highest BCUT2D eigenvalue weighted by molar-refractivity contribution is 5.83. The summed E-state index contributed by atoms with van der Waals surface area (Å²) >= 11 is 0. The third-order valence-corrected chi connectivity index (χ3v) is 3.33. The molecule has 1 aliphatic heterocycles. The van der Waals surface area contributed by atoms with Gasteiger partial charge in [0.2, 0.25) is 5.91 Å². The third-order valence-electron chi connectivity index (χ3n) is 3.33. The first-order valence-electron chi connectivity index (χ1n) is 5.78. The molecule has 2 heterocycles. The predicted molar refractivity (Wildman–Crippen MR) is 65.8 cm³/mol. The van der Waals surface area contributed by atoms with Crippen LogP contribution in [0.1, 0.15) is 19.0 Å². The zero-order chi connectivity index (χ0) is 13.2. The van der Waals surface area contributed by atoms with E-state index in [1.807, 2.05) is 17.9 Å². The SMILES string of the molecule is CNC(=O)C1(C)CCN(c2cnc(C#N)cn2)C1. The Balaban J connectivity index is 2.13. The van der Waals surface area contributed by atoms with Gasteiger partial charge in [-0.2, -0.15) is 5.26 Å². The molecule has 1 saturated heterocycles. The van der Waals surface area contributed by atoms with Gasteiger partial charge in [-0.15, -0.1) is 0 Å². The fourth-order valence-corrected chi connectivity index (χ4v) is 2.19. The second kappa shape index (κ2) is 4.61. The Bertz CT molecular complexity index is 492. The molecule has 1 aromatic heterocycles. The molecule has 1 atom stereocenters. The predicted octanol–water partition coefficient (Wildman–Crippen LogP) is 0.311. The van der Waals surface area contributed by atoms with Crippen LogP contribution in [0.4, 0.5) is 5.82 Å². The first-order chi connectivity index (χ1) is 8.59. The molecule has 1 unspecified atom stereocenters. The van der Waals surface area contributed by atoms with Crippen LogP contribution in [0.25, 0.3) is 0 Å². The monoisotopic (exact) mass is 245 g/mol. The molecular weight excluding hydrogens is 230 g/mol. The molecule has 0 aliphatic carbocycles. The van der Waals surface area contributed by atoms with Crippen molar-refractivity contribution in [3.63, 3.8) is 0 Å². The van der Waals surface area contributed by atoms with Gasteiger partial charge in [0.05, 0.1) is 17.8 Å². The molecule has 6 nitrogen and oxygen atoms in total. The lowest BCUT2D eigenvalue weighted by Gasteiger charge is -2.22. The van der Waals surface area contributed by atoms with E-state index < -0.39 is 0 Å². The number of carbonyl (C=O) groups is 1. The lowest BCUT2D eigenvalue weighted by Crippen LogP contribution is -2.39. The van der Waals surface area contributed by atoms with Crippen LogP contribution >= 0.6 is 0 Å². The van der Waals surface area contributed by atoms with Crippen molar-refractivity contribution in [3.8, 4) is 6.07 Å². The Morgan fingerprint density at radius 2 is 2.33 bits per heavy atom. The van der Waals surface area contributed by atoms with Crippen LogP contribution < -0.4 is 10.2 Å². The van der Waals surface area contributed by atoms with Crippen LogP contribution in [0.5, 0.6) is 0 Å². The van der Waals surface area contributed by atoms with Crippen molar-refractivity contribution >= 4 is 11.7 Å². The van der Waals surface area contributed by atoms with Crippen molar-refractivity contribution in [2.24, 2.45) is 5.41 Å². The summed E-state index contributed by atoms with van der Waals surface area (Å²) in [5.41, 5.74) is -0.0864. The molecule has 0 radical (unpaired) electrons. The van der Waals surface area contributed by atoms with Crippen LogP contribution in [0.3, 0.4) is 0 Å². The van der Waals surface area contributed by atoms with Gasteiger partial charge in [-0.3, -0.25) is 4.79 Å². The zero-order valence-electron chi connectivity index (χ0n) is 10.5. The van der Waals surface area contributed by atoms with Crippen molar-refractivity contribution in [3.05, 3.63) is 18.1 Å². The summed E-state index contributed by atoms with van der Waals surface area (Å²) in [5, 5.41) is 11.4. The average Bonchev–Trinajstić information content (AvgIpc) is 2.82. The van der Waals surface area contributed by atoms with Crippen molar-refractivity contribution in [2.45, 2.75) is 13.3 Å². The Hall–Kier alpha value is -2.16. The van der Waals surface area contributed by atoms with E-state index in [1.54, 1.807) is 13.2 Å². The number of nitrogens with zero attached hydrogens (tertiary/aromatic N) is 4. The number of amides is 1. The fourth-order valence-electron chi connectivity index (χ4n) is 2.19. The lowest BCUT2D eigenvalue weighted by atomic mass is 9.89. The second-order valence-electron chi connectivity index (χ2n) is 4.68. The largest absolute Gasteiger partial charge is 0.359 e. The Morgan fingerprint density at radius 1 is 1.56 bits per heavy atom. The number of nitrogens with one attached hydrogen (secondary N) is 1. The van der Waals surface area contributed by atoms with Crippen LogP contribution in [0, 0.1) is 16.7 Å². The molecule has 0 spiro atoms. The van der Waals surface area contributed by atoms with Gasteiger partial charge in [0.15, 0.2) is 5.69 Å². The third kappa shape index (κ3) is 2.12. The summed E-state index contributed by atoms with van der Waals surface area (Å²) < 4.78 is 0. The molecule has 0 bridgehead atoms. The number of carbonyl (C=O) groups excluding carboxylic acids is 1. The zero-order valence-corrected chi connectivity index (χ0v) is 10.5. The van der Waals surface area contributed by atoms with Gasteiger partial charge in [0.25, 0.3) is 0 Å². The summed E-state index contributed by atoms with van der Waals surface area (Å²) in [6.07, 6.45) is 3.81. The molecule has 18 heavy (non-hydrogen) atoms. The highest BCUT2D eigenvalue weighted by atomic mass is 16.2. The maximum Gasteiger partial charge on any atom is 0.227 e. The molecule has 0 aromatic carbocycles. The van der Waals surface area contributed by atoms with Crippen LogP contribution in [-0.4, -0.2) is 36.0 Å². The van der Waals surface area contributed by atoms with Gasteiger partial charge in [0, 0.05) is 20.1 Å². The summed E-state index contributed by atoms with van der Waals surface area (Å²) in [6, 6.07) is 1.93. The minimum Gasteiger partial charge on any atom is -0.359 e. The molecule has 1 amide bonds. The number of rotatable bonds is 2. The van der Waals surface area contributed by atoms with Crippen LogP contribution in [0.15, 0.2) is 12.4 Å². The number of anilines is 1. The number of aromatic nitrogens is 2. The topological polar surface area (TPSA) is 81.9 Å². The normalized spacial score (nSPS) is 22.6. The summed E-state index contributed by atoms with van der Waals surface area (Å²) in [5.74, 6) is 0.758. The Morgan fingerprint density at radius 3 is 2.89 bits per heavy atom. The molecule has 94 valence electrons. The average molecular weight is 245 g/mol. The lowest BCUT2D eigenvalue weighted by molar-refractivity contribution is -0.128. The maximum absolute atomic E-state index is 11.8. The van der Waals surface area contributed by atoms with Crippen LogP contribution in [0.2, 0.25) is 0 Å². The molecule has 1 aliphatic rings. The van der Waals surface area contributed by atoms with E-state index in [1.165, 1.54) is 6.20 Å². The van der Waals surface area contributed by atoms with Gasteiger partial charge in [-0.1, -0.05) is 0 Å². The van der Waals surface area contributed by atoms with E-state index in [4.69, 9.17) is 5.26 Å². The minimum atomic E-state index is -0.385. The quantitative estimate of drug-likeness (QED) is 0.811. The van der Waals surface area contributed by atoms with Gasteiger partial charge < -0.3 is 10.2 Å². The fraction of sp³-hybridized carbons (Fsp3) is 0.500. The van der Waals surface area contributed by atoms with Gasteiger partial charge in [0.1, 0.15) is 11.9 Å². The van der Waals surface area contributed by atoms with E-state index in [0.717, 1.165) is 13.0 Å². The summed E-state index contributed by atoms with van der Waals surface area (Å²) in [6.45, 7) is 3.33. The first kappa shape index (κ1) is 12.3. The summed E-state index contributed by atoms with van der Waals surface area (Å²) in [4.78, 5) is 22.0. The molecule has 0 saturated carbocycles. The Labute approximate surface area is 106 Å². The van der Waals surface area contributed by atoms with Crippen molar-refractivity contribution < 1.29 is 4.79 Å². The Kier molecular flexibility index (Phi) is 3.15. The van der Waals surface area contributed by atoms with E-state index in [0.29, 0.717) is 18.1 Å². The van der Waals surface area contributed by atoms with Crippen molar-refractivity contribution in [1.29, 1.82) is 5.26 Å². The first-order valence-corrected chi connectivity index (χ1v) is 5.78. The smallest absolute Gasteiger partial charge is 0.227 e. The van der Waals surface area contributed by atoms with Gasteiger partial charge in [-0.05, 0) is 13.3 Å². The van der Waals surface area contributed by atoms with Crippen molar-refractivity contribution in [1.82, 2.24) is 15.3 Å². The van der Waals surface area contributed by atoms with E-state index >= 15 is 0 Å². The van der Waals surface area contributed by atoms with E-state index in [-0.39, 0.29) is 11.3 Å². The van der Waals surface area contributed by atoms with E-state index in [2.05, 4.69) is 15.3 Å². The second-order valence-corrected chi connectivity index (χ2v) is 4.68. The van der Waals surface area contributed by atoms with Crippen molar-refractivity contribution in [2.75, 3.05) is 25.0 Å².